The molecule has 32 heavy (non-hydrogen) atoms. The summed E-state index contributed by atoms with van der Waals surface area (Å²) in [6.07, 6.45) is 7.11. The highest BCUT2D eigenvalue weighted by molar-refractivity contribution is 8.02. The van der Waals surface area contributed by atoms with E-state index in [0.717, 1.165) is 40.6 Å². The average Bonchev–Trinajstić information content (AvgIpc) is 3.03. The van der Waals surface area contributed by atoms with Crippen LogP contribution in [-0.2, 0) is 16.6 Å². The first-order chi connectivity index (χ1) is 15.3. The summed E-state index contributed by atoms with van der Waals surface area (Å²) < 4.78 is 32.5. The summed E-state index contributed by atoms with van der Waals surface area (Å²) in [6.45, 7) is 0.640. The van der Waals surface area contributed by atoms with Crippen LogP contribution in [0, 0.1) is 0 Å². The van der Waals surface area contributed by atoms with Crippen molar-refractivity contribution in [1.29, 1.82) is 0 Å². The molecule has 1 heterocycles. The van der Waals surface area contributed by atoms with Crippen molar-refractivity contribution in [2.75, 3.05) is 6.54 Å². The van der Waals surface area contributed by atoms with Crippen LogP contribution in [0.3, 0.4) is 0 Å². The summed E-state index contributed by atoms with van der Waals surface area (Å²) in [4.78, 5) is 11.3. The number of hydrogen-bond acceptors (Lipinski definition) is 6. The van der Waals surface area contributed by atoms with E-state index in [0.29, 0.717) is 23.8 Å². The van der Waals surface area contributed by atoms with Gasteiger partial charge in [0.25, 0.3) is 10.0 Å². The van der Waals surface area contributed by atoms with Crippen molar-refractivity contribution in [2.24, 2.45) is 0 Å². The van der Waals surface area contributed by atoms with Crippen LogP contribution < -0.4 is 4.74 Å². The van der Waals surface area contributed by atoms with Gasteiger partial charge in [0.15, 0.2) is 0 Å². The molecular formula is C23H26N2O5S2. The fourth-order valence-electron chi connectivity index (χ4n) is 4.07. The number of ether oxygens (including phenoxy) is 1. The number of aromatic carboxylic acids is 1. The Hall–Kier alpha value is -2.33. The summed E-state index contributed by atoms with van der Waals surface area (Å²) >= 11 is 4.28. The van der Waals surface area contributed by atoms with Gasteiger partial charge in [-0.3, -0.25) is 0 Å². The standard InChI is InChI=1S/C23H26N2O5S2/c26-23(27)19-10-6-18(7-11-19)16-30-21-12-8-17(9-13-21)14-22-15-24(25(31)32(22,28)29)20-4-2-1-3-5-20/h6-14,20,31H,1-5,15-16H2,(H,26,27)/b22-14-. The second-order valence-electron chi connectivity index (χ2n) is 8.09. The molecule has 2 aromatic carbocycles. The third-order valence-electron chi connectivity index (χ3n) is 5.89. The second-order valence-corrected chi connectivity index (χ2v) is 10.6. The van der Waals surface area contributed by atoms with Crippen molar-refractivity contribution in [3.05, 3.63) is 70.1 Å². The topological polar surface area (TPSA) is 87.2 Å². The molecule has 7 nitrogen and oxygen atoms in total. The number of carbonyl (C=O) groups is 1. The summed E-state index contributed by atoms with van der Waals surface area (Å²) in [5.41, 5.74) is 1.86. The molecule has 2 fully saturated rings. The van der Waals surface area contributed by atoms with E-state index >= 15 is 0 Å². The Labute approximate surface area is 193 Å². The molecule has 1 saturated heterocycles. The van der Waals surface area contributed by atoms with E-state index in [2.05, 4.69) is 12.8 Å². The van der Waals surface area contributed by atoms with E-state index in [1.807, 2.05) is 17.1 Å². The predicted octanol–water partition coefficient (Wildman–Crippen LogP) is 4.34. The minimum Gasteiger partial charge on any atom is -0.489 e. The molecule has 0 bridgehead atoms. The maximum Gasteiger partial charge on any atom is 0.335 e. The first-order valence-corrected chi connectivity index (χ1v) is 12.4. The van der Waals surface area contributed by atoms with Gasteiger partial charge in [-0.25, -0.2) is 18.2 Å². The molecule has 170 valence electrons. The lowest BCUT2D eigenvalue weighted by atomic mass is 9.95. The van der Waals surface area contributed by atoms with Crippen molar-refractivity contribution >= 4 is 34.9 Å². The van der Waals surface area contributed by atoms with Crippen LogP contribution >= 0.6 is 12.8 Å². The fourth-order valence-corrected chi connectivity index (χ4v) is 5.85. The lowest BCUT2D eigenvalue weighted by molar-refractivity contribution is 0.0697. The molecule has 1 saturated carbocycles. The first-order valence-electron chi connectivity index (χ1n) is 10.6. The zero-order valence-electron chi connectivity index (χ0n) is 17.6. The number of thiol groups is 1. The number of sulfonamides is 1. The molecule has 0 spiro atoms. The molecule has 4 rings (SSSR count). The van der Waals surface area contributed by atoms with Crippen LogP contribution in [-0.4, -0.2) is 40.9 Å². The van der Waals surface area contributed by atoms with Gasteiger partial charge < -0.3 is 9.84 Å². The van der Waals surface area contributed by atoms with E-state index in [1.54, 1.807) is 42.5 Å². The van der Waals surface area contributed by atoms with Crippen molar-refractivity contribution in [3.8, 4) is 5.75 Å². The summed E-state index contributed by atoms with van der Waals surface area (Å²) in [5, 5.41) is 10.8. The highest BCUT2D eigenvalue weighted by Gasteiger charge is 2.42. The molecule has 1 N–H and O–H groups in total. The van der Waals surface area contributed by atoms with Gasteiger partial charge in [-0.2, -0.15) is 0 Å². The predicted molar refractivity (Wildman–Crippen MR) is 125 cm³/mol. The van der Waals surface area contributed by atoms with E-state index in [9.17, 15) is 13.2 Å². The number of carboxylic acids is 1. The van der Waals surface area contributed by atoms with Crippen molar-refractivity contribution in [2.45, 2.75) is 44.8 Å². The average molecular weight is 475 g/mol. The molecule has 0 aromatic heterocycles. The van der Waals surface area contributed by atoms with Gasteiger partial charge in [-0.15, -0.1) is 0 Å². The van der Waals surface area contributed by atoms with Crippen molar-refractivity contribution < 1.29 is 23.1 Å². The fraction of sp³-hybridized carbons (Fsp3) is 0.348. The highest BCUT2D eigenvalue weighted by atomic mass is 32.3. The number of nitrogens with zero attached hydrogens (tertiary/aromatic N) is 2. The maximum absolute atomic E-state index is 12.8. The van der Waals surface area contributed by atoms with Gasteiger partial charge in [-0.05, 0) is 54.3 Å². The Morgan fingerprint density at radius 1 is 1.06 bits per heavy atom. The van der Waals surface area contributed by atoms with Gasteiger partial charge in [0.05, 0.1) is 17.0 Å². The van der Waals surface area contributed by atoms with Crippen molar-refractivity contribution in [3.63, 3.8) is 0 Å². The zero-order chi connectivity index (χ0) is 22.7. The molecule has 0 amide bonds. The van der Waals surface area contributed by atoms with Crippen LogP contribution in [0.1, 0.15) is 53.6 Å². The SMILES string of the molecule is O=C(O)c1ccc(COc2ccc(/C=C3/CN(C4CCCCC4)N(S)S3(=O)=O)cc2)cc1. The molecule has 1 aliphatic heterocycles. The molecule has 2 aliphatic rings. The maximum atomic E-state index is 12.8. The lowest BCUT2D eigenvalue weighted by Gasteiger charge is -2.32. The number of carboxylic acid groups (broad SMARTS) is 1. The van der Waals surface area contributed by atoms with Crippen LogP contribution in [0.5, 0.6) is 5.75 Å². The van der Waals surface area contributed by atoms with E-state index in [-0.39, 0.29) is 11.6 Å². The summed E-state index contributed by atoms with van der Waals surface area (Å²) in [5.74, 6) is -0.322. The monoisotopic (exact) mass is 474 g/mol. The van der Waals surface area contributed by atoms with Crippen LogP contribution in [0.25, 0.3) is 6.08 Å². The molecule has 0 radical (unpaired) electrons. The van der Waals surface area contributed by atoms with Gasteiger partial charge in [0.1, 0.15) is 12.4 Å². The quantitative estimate of drug-likeness (QED) is 0.606. The molecule has 0 unspecified atom stereocenters. The summed E-state index contributed by atoms with van der Waals surface area (Å²) in [7, 11) is -3.62. The van der Waals surface area contributed by atoms with Crippen molar-refractivity contribution in [1.82, 2.24) is 8.83 Å². The third kappa shape index (κ3) is 5.01. The van der Waals surface area contributed by atoms with Gasteiger partial charge in [-0.1, -0.05) is 60.2 Å². The second kappa shape index (κ2) is 9.66. The zero-order valence-corrected chi connectivity index (χ0v) is 19.3. The Morgan fingerprint density at radius 2 is 1.72 bits per heavy atom. The van der Waals surface area contributed by atoms with Gasteiger partial charge >= 0.3 is 5.97 Å². The number of benzene rings is 2. The molecule has 1 aliphatic carbocycles. The normalized spacial score (nSPS) is 21.1. The Kier molecular flexibility index (Phi) is 6.90. The Bertz CT molecular complexity index is 1090. The van der Waals surface area contributed by atoms with E-state index in [4.69, 9.17) is 9.84 Å². The van der Waals surface area contributed by atoms with E-state index in [1.165, 1.54) is 6.42 Å². The van der Waals surface area contributed by atoms with E-state index < -0.39 is 16.0 Å². The molecule has 0 atom stereocenters. The van der Waals surface area contributed by atoms with Gasteiger partial charge in [0, 0.05) is 6.04 Å². The smallest absolute Gasteiger partial charge is 0.335 e. The Balaban J connectivity index is 1.41. The van der Waals surface area contributed by atoms with Crippen LogP contribution in [0.2, 0.25) is 0 Å². The lowest BCUT2D eigenvalue weighted by Crippen LogP contribution is -2.41. The number of hydrazine groups is 1. The highest BCUT2D eigenvalue weighted by Crippen LogP contribution is 2.35. The number of hydrogen-bond donors (Lipinski definition) is 2. The molecular weight excluding hydrogens is 448 g/mol. The Morgan fingerprint density at radius 3 is 2.34 bits per heavy atom. The van der Waals surface area contributed by atoms with Gasteiger partial charge in [0.2, 0.25) is 0 Å². The summed E-state index contributed by atoms with van der Waals surface area (Å²) in [6, 6.07) is 13.9. The minimum absolute atomic E-state index is 0.210. The largest absolute Gasteiger partial charge is 0.489 e. The molecule has 2 aromatic rings. The minimum atomic E-state index is -3.62. The third-order valence-corrected chi connectivity index (χ3v) is 8.32. The first kappa shape index (κ1) is 22.8. The number of rotatable bonds is 6. The van der Waals surface area contributed by atoms with Crippen LogP contribution in [0.4, 0.5) is 0 Å². The molecule has 9 heteroatoms. The van der Waals surface area contributed by atoms with Crippen LogP contribution in [0.15, 0.2) is 53.4 Å².